The third-order valence-electron chi connectivity index (χ3n) is 3.03. The molecule has 3 rings (SSSR count). The Kier molecular flexibility index (Phi) is 3.69. The number of rotatable bonds is 1. The van der Waals surface area contributed by atoms with E-state index in [1.807, 2.05) is 47.0 Å². The molecule has 0 bridgehead atoms. The van der Waals surface area contributed by atoms with Crippen molar-refractivity contribution in [1.29, 1.82) is 0 Å². The van der Waals surface area contributed by atoms with E-state index in [-0.39, 0.29) is 0 Å². The number of aryl methyl sites for hydroxylation is 3. The molecule has 0 radical (unpaired) electrons. The summed E-state index contributed by atoms with van der Waals surface area (Å²) in [6.07, 6.45) is 3.84. The highest BCUT2D eigenvalue weighted by atomic mass is 16.5. The Morgan fingerprint density at radius 1 is 1.16 bits per heavy atom. The SMILES string of the molecule is CC.Cc1noc(C)c1-c1cnc2c(C)c[nH]c2c1. The summed E-state index contributed by atoms with van der Waals surface area (Å²) in [4.78, 5) is 7.69. The van der Waals surface area contributed by atoms with E-state index in [9.17, 15) is 0 Å². The van der Waals surface area contributed by atoms with E-state index in [1.165, 1.54) is 0 Å². The van der Waals surface area contributed by atoms with E-state index in [0.717, 1.165) is 39.2 Å². The number of nitrogens with zero attached hydrogens (tertiary/aromatic N) is 2. The van der Waals surface area contributed by atoms with Gasteiger partial charge in [-0.2, -0.15) is 0 Å². The minimum atomic E-state index is 0.826. The summed E-state index contributed by atoms with van der Waals surface area (Å²) < 4.78 is 5.18. The van der Waals surface area contributed by atoms with Crippen LogP contribution in [0, 0.1) is 20.8 Å². The lowest BCUT2D eigenvalue weighted by molar-refractivity contribution is 0.393. The van der Waals surface area contributed by atoms with E-state index >= 15 is 0 Å². The van der Waals surface area contributed by atoms with Crippen molar-refractivity contribution in [2.45, 2.75) is 34.6 Å². The largest absolute Gasteiger partial charge is 0.361 e. The van der Waals surface area contributed by atoms with Crippen molar-refractivity contribution in [2.75, 3.05) is 0 Å². The summed E-state index contributed by atoms with van der Waals surface area (Å²) in [6, 6.07) is 2.09. The van der Waals surface area contributed by atoms with Crippen LogP contribution >= 0.6 is 0 Å². The van der Waals surface area contributed by atoms with Gasteiger partial charge < -0.3 is 9.51 Å². The third-order valence-corrected chi connectivity index (χ3v) is 3.03. The Labute approximate surface area is 112 Å². The molecule has 4 nitrogen and oxygen atoms in total. The van der Waals surface area contributed by atoms with Crippen LogP contribution in [0.5, 0.6) is 0 Å². The Morgan fingerprint density at radius 3 is 2.53 bits per heavy atom. The van der Waals surface area contributed by atoms with Crippen LogP contribution < -0.4 is 0 Å². The molecule has 0 aliphatic carbocycles. The molecule has 1 N–H and O–H groups in total. The van der Waals surface area contributed by atoms with Crippen LogP contribution in [0.1, 0.15) is 30.9 Å². The van der Waals surface area contributed by atoms with Gasteiger partial charge in [-0.1, -0.05) is 19.0 Å². The fourth-order valence-electron chi connectivity index (χ4n) is 2.18. The highest BCUT2D eigenvalue weighted by Crippen LogP contribution is 2.28. The third kappa shape index (κ3) is 2.26. The second-order valence-electron chi connectivity index (χ2n) is 4.29. The molecule has 0 saturated carbocycles. The van der Waals surface area contributed by atoms with Gasteiger partial charge in [0.2, 0.25) is 0 Å². The van der Waals surface area contributed by atoms with E-state index in [1.54, 1.807) is 0 Å². The van der Waals surface area contributed by atoms with Crippen molar-refractivity contribution in [3.8, 4) is 11.1 Å². The van der Waals surface area contributed by atoms with E-state index in [2.05, 4.69) is 21.2 Å². The molecule has 4 heteroatoms. The van der Waals surface area contributed by atoms with Gasteiger partial charge in [0.1, 0.15) is 5.76 Å². The fourth-order valence-corrected chi connectivity index (χ4v) is 2.18. The Balaban J connectivity index is 0.000000637. The van der Waals surface area contributed by atoms with Crippen molar-refractivity contribution in [2.24, 2.45) is 0 Å². The van der Waals surface area contributed by atoms with Gasteiger partial charge in [-0.3, -0.25) is 4.98 Å². The molecular formula is C15H19N3O. The van der Waals surface area contributed by atoms with E-state index in [4.69, 9.17) is 4.52 Å². The Morgan fingerprint density at radius 2 is 1.89 bits per heavy atom. The zero-order valence-electron chi connectivity index (χ0n) is 12.0. The zero-order chi connectivity index (χ0) is 14.0. The van der Waals surface area contributed by atoms with Gasteiger partial charge in [0, 0.05) is 23.5 Å². The molecular weight excluding hydrogens is 238 g/mol. The smallest absolute Gasteiger partial charge is 0.141 e. The van der Waals surface area contributed by atoms with Gasteiger partial charge in [-0.25, -0.2) is 0 Å². The first-order valence-electron chi connectivity index (χ1n) is 6.54. The van der Waals surface area contributed by atoms with Crippen LogP contribution in [0.4, 0.5) is 0 Å². The summed E-state index contributed by atoms with van der Waals surface area (Å²) in [7, 11) is 0. The van der Waals surface area contributed by atoms with Crippen LogP contribution in [0.25, 0.3) is 22.2 Å². The number of hydrogen-bond acceptors (Lipinski definition) is 3. The summed E-state index contributed by atoms with van der Waals surface area (Å²) in [6.45, 7) is 9.90. The molecule has 3 aromatic heterocycles. The minimum absolute atomic E-state index is 0.826. The average Bonchev–Trinajstić information content (AvgIpc) is 2.96. The maximum absolute atomic E-state index is 5.18. The molecule has 100 valence electrons. The lowest BCUT2D eigenvalue weighted by Gasteiger charge is -2.00. The maximum atomic E-state index is 5.18. The Hall–Kier alpha value is -2.10. The molecule has 3 heterocycles. The monoisotopic (exact) mass is 257 g/mol. The van der Waals surface area contributed by atoms with Crippen LogP contribution in [-0.2, 0) is 0 Å². The molecule has 19 heavy (non-hydrogen) atoms. The van der Waals surface area contributed by atoms with Gasteiger partial charge in [0.15, 0.2) is 0 Å². The number of hydrogen-bond donors (Lipinski definition) is 1. The quantitative estimate of drug-likeness (QED) is 0.711. The van der Waals surface area contributed by atoms with E-state index < -0.39 is 0 Å². The molecule has 0 aliphatic heterocycles. The molecule has 0 atom stereocenters. The summed E-state index contributed by atoms with van der Waals surface area (Å²) >= 11 is 0. The van der Waals surface area contributed by atoms with Crippen LogP contribution in [0.15, 0.2) is 23.0 Å². The lowest BCUT2D eigenvalue weighted by atomic mass is 10.1. The van der Waals surface area contributed by atoms with Gasteiger partial charge in [-0.05, 0) is 32.4 Å². The Bertz CT molecular complexity index is 675. The van der Waals surface area contributed by atoms with Gasteiger partial charge >= 0.3 is 0 Å². The predicted octanol–water partition coefficient (Wildman–Crippen LogP) is 4.17. The second-order valence-corrected chi connectivity index (χ2v) is 4.29. The molecule has 0 amide bonds. The minimum Gasteiger partial charge on any atom is -0.361 e. The average molecular weight is 257 g/mol. The first-order chi connectivity index (χ1) is 9.16. The topological polar surface area (TPSA) is 54.7 Å². The van der Waals surface area contributed by atoms with Crippen molar-refractivity contribution in [1.82, 2.24) is 15.1 Å². The first-order valence-corrected chi connectivity index (χ1v) is 6.54. The molecule has 0 saturated heterocycles. The van der Waals surface area contributed by atoms with Crippen LogP contribution in [-0.4, -0.2) is 15.1 Å². The van der Waals surface area contributed by atoms with Crippen LogP contribution in [0.3, 0.4) is 0 Å². The number of aromatic nitrogens is 3. The number of fused-ring (bicyclic) bond motifs is 1. The summed E-state index contributed by atoms with van der Waals surface area (Å²) in [5.74, 6) is 0.826. The molecule has 0 spiro atoms. The molecule has 0 aliphatic rings. The number of pyridine rings is 1. The standard InChI is InChI=1S/C13H13N3O.C2H6/c1-7-5-14-11-4-10(6-15-13(7)11)12-8(2)16-17-9(12)3;1-2/h4-6,14H,1-3H3;1-2H3. The second kappa shape index (κ2) is 5.26. The van der Waals surface area contributed by atoms with Crippen molar-refractivity contribution < 1.29 is 4.52 Å². The van der Waals surface area contributed by atoms with Crippen LogP contribution in [0.2, 0.25) is 0 Å². The molecule has 0 fully saturated rings. The van der Waals surface area contributed by atoms with Crippen molar-refractivity contribution in [3.05, 3.63) is 35.5 Å². The number of nitrogens with one attached hydrogen (secondary N) is 1. The maximum Gasteiger partial charge on any atom is 0.141 e. The van der Waals surface area contributed by atoms with E-state index in [0.29, 0.717) is 0 Å². The normalized spacial score (nSPS) is 10.4. The fraction of sp³-hybridized carbons (Fsp3) is 0.333. The van der Waals surface area contributed by atoms with Gasteiger partial charge in [-0.15, -0.1) is 0 Å². The lowest BCUT2D eigenvalue weighted by Crippen LogP contribution is -1.85. The highest BCUT2D eigenvalue weighted by Gasteiger charge is 2.13. The van der Waals surface area contributed by atoms with Crippen molar-refractivity contribution >= 4 is 11.0 Å². The number of H-pyrrole nitrogens is 1. The molecule has 0 aromatic carbocycles. The highest BCUT2D eigenvalue weighted by molar-refractivity contribution is 5.83. The first kappa shape index (κ1) is 13.3. The van der Waals surface area contributed by atoms with Crippen molar-refractivity contribution in [3.63, 3.8) is 0 Å². The predicted molar refractivity (Wildman–Crippen MR) is 77.1 cm³/mol. The number of aromatic amines is 1. The molecule has 0 unspecified atom stereocenters. The summed E-state index contributed by atoms with van der Waals surface area (Å²) in [5, 5.41) is 3.96. The molecule has 3 aromatic rings. The zero-order valence-corrected chi connectivity index (χ0v) is 12.0. The summed E-state index contributed by atoms with van der Waals surface area (Å²) in [5.41, 5.74) is 6.18. The van der Waals surface area contributed by atoms with Gasteiger partial charge in [0.25, 0.3) is 0 Å². The van der Waals surface area contributed by atoms with Gasteiger partial charge in [0.05, 0.1) is 16.7 Å².